The van der Waals surface area contributed by atoms with Crippen molar-refractivity contribution in [2.75, 3.05) is 0 Å². The topological polar surface area (TPSA) is 17.1 Å². The van der Waals surface area contributed by atoms with Gasteiger partial charge < -0.3 is 0 Å². The van der Waals surface area contributed by atoms with Crippen LogP contribution >= 0.6 is 0 Å². The van der Waals surface area contributed by atoms with Gasteiger partial charge in [-0.3, -0.25) is 4.79 Å². The fraction of sp³-hybridized carbons (Fsp3) is 0.133. The third-order valence-electron chi connectivity index (χ3n) is 2.83. The molecule has 0 aliphatic rings. The smallest absolute Gasteiger partial charge is 0.288 e. The molecule has 2 aromatic rings. The quantitative estimate of drug-likeness (QED) is 0.590. The first-order valence-corrected chi connectivity index (χ1v) is 5.78. The molecule has 0 saturated heterocycles. The molecular weight excluding hydrogens is 272 g/mol. The summed E-state index contributed by atoms with van der Waals surface area (Å²) in [6, 6.07) is 8.96. The molecule has 0 bridgehead atoms. The lowest BCUT2D eigenvalue weighted by molar-refractivity contribution is -0.140. The first kappa shape index (κ1) is 14.2. The summed E-state index contributed by atoms with van der Waals surface area (Å²) in [6.07, 6.45) is -4.83. The van der Waals surface area contributed by atoms with Crippen LogP contribution < -0.4 is 0 Å². The van der Waals surface area contributed by atoms with Gasteiger partial charge in [0.15, 0.2) is 5.78 Å². The van der Waals surface area contributed by atoms with Gasteiger partial charge in [0.2, 0.25) is 0 Å². The number of hydrogen-bond acceptors (Lipinski definition) is 1. The van der Waals surface area contributed by atoms with Gasteiger partial charge >= 0.3 is 6.18 Å². The van der Waals surface area contributed by atoms with Gasteiger partial charge in [0.1, 0.15) is 5.82 Å². The average molecular weight is 282 g/mol. The predicted molar refractivity (Wildman–Crippen MR) is 66.0 cm³/mol. The van der Waals surface area contributed by atoms with E-state index in [0.717, 1.165) is 17.7 Å². The maximum absolute atomic E-state index is 13.9. The Bertz CT molecular complexity index is 659. The summed E-state index contributed by atoms with van der Waals surface area (Å²) in [4.78, 5) is 12.1. The van der Waals surface area contributed by atoms with E-state index in [1.807, 2.05) is 0 Å². The predicted octanol–water partition coefficient (Wildman–Crippen LogP) is 4.38. The second-order valence-corrected chi connectivity index (χ2v) is 4.36. The van der Waals surface area contributed by atoms with Crippen molar-refractivity contribution in [3.63, 3.8) is 0 Å². The van der Waals surface area contributed by atoms with E-state index in [-0.39, 0.29) is 5.56 Å². The number of halogens is 4. The molecular formula is C15H10F4O. The molecule has 1 nitrogen and oxygen atoms in total. The first-order valence-electron chi connectivity index (χ1n) is 5.78. The third kappa shape index (κ3) is 2.71. The van der Waals surface area contributed by atoms with Crippen molar-refractivity contribution >= 4 is 5.78 Å². The minimum absolute atomic E-state index is 0.156. The molecule has 0 radical (unpaired) electrons. The molecule has 0 spiro atoms. The third-order valence-corrected chi connectivity index (χ3v) is 2.83. The monoisotopic (exact) mass is 282 g/mol. The standard InChI is InChI=1S/C15H10F4O/c1-9-4-2-5-10(8-9)14(20)11-6-3-7-12(13(11)16)15(17,18)19/h2-8H,1H3. The molecule has 0 unspecified atom stereocenters. The average Bonchev–Trinajstić information content (AvgIpc) is 2.37. The van der Waals surface area contributed by atoms with E-state index in [1.165, 1.54) is 12.1 Å². The summed E-state index contributed by atoms with van der Waals surface area (Å²) in [6.45, 7) is 1.74. The van der Waals surface area contributed by atoms with Crippen LogP contribution in [0.2, 0.25) is 0 Å². The highest BCUT2D eigenvalue weighted by atomic mass is 19.4. The largest absolute Gasteiger partial charge is 0.419 e. The lowest BCUT2D eigenvalue weighted by Gasteiger charge is -2.10. The molecule has 5 heteroatoms. The Balaban J connectivity index is 2.51. The summed E-state index contributed by atoms with van der Waals surface area (Å²) in [7, 11) is 0. The number of carbonyl (C=O) groups is 1. The molecule has 2 rings (SSSR count). The van der Waals surface area contributed by atoms with Crippen LogP contribution in [0.15, 0.2) is 42.5 Å². The number of alkyl halides is 3. The van der Waals surface area contributed by atoms with E-state index in [4.69, 9.17) is 0 Å². The second-order valence-electron chi connectivity index (χ2n) is 4.36. The normalized spacial score (nSPS) is 11.4. The zero-order chi connectivity index (χ0) is 14.9. The van der Waals surface area contributed by atoms with Crippen LogP contribution in [-0.4, -0.2) is 5.78 Å². The molecule has 0 atom stereocenters. The first-order chi connectivity index (χ1) is 9.30. The van der Waals surface area contributed by atoms with E-state index in [2.05, 4.69) is 0 Å². The Hall–Kier alpha value is -2.17. The maximum atomic E-state index is 13.9. The Labute approximate surface area is 112 Å². The molecule has 0 aliphatic heterocycles. The lowest BCUT2D eigenvalue weighted by Crippen LogP contribution is -2.13. The Morgan fingerprint density at radius 2 is 1.70 bits per heavy atom. The van der Waals surface area contributed by atoms with E-state index in [9.17, 15) is 22.4 Å². The van der Waals surface area contributed by atoms with Gasteiger partial charge in [-0.15, -0.1) is 0 Å². The minimum atomic E-state index is -4.83. The Kier molecular flexibility index (Phi) is 3.61. The highest BCUT2D eigenvalue weighted by Gasteiger charge is 2.35. The fourth-order valence-corrected chi connectivity index (χ4v) is 1.87. The zero-order valence-electron chi connectivity index (χ0n) is 10.5. The van der Waals surface area contributed by atoms with Crippen LogP contribution in [-0.2, 0) is 6.18 Å². The van der Waals surface area contributed by atoms with Crippen molar-refractivity contribution in [1.82, 2.24) is 0 Å². The number of hydrogen-bond donors (Lipinski definition) is 0. The molecule has 0 aliphatic carbocycles. The van der Waals surface area contributed by atoms with Crippen molar-refractivity contribution in [2.24, 2.45) is 0 Å². The van der Waals surface area contributed by atoms with Crippen molar-refractivity contribution in [2.45, 2.75) is 13.1 Å². The van der Waals surface area contributed by atoms with Crippen molar-refractivity contribution < 1.29 is 22.4 Å². The van der Waals surface area contributed by atoms with Crippen molar-refractivity contribution in [3.8, 4) is 0 Å². The van der Waals surface area contributed by atoms with Crippen LogP contribution in [0.5, 0.6) is 0 Å². The van der Waals surface area contributed by atoms with Crippen LogP contribution in [0, 0.1) is 12.7 Å². The van der Waals surface area contributed by atoms with E-state index in [0.29, 0.717) is 6.07 Å². The van der Waals surface area contributed by atoms with Crippen molar-refractivity contribution in [3.05, 3.63) is 70.5 Å². The SMILES string of the molecule is Cc1cccc(C(=O)c2cccc(C(F)(F)F)c2F)c1. The van der Waals surface area contributed by atoms with Crippen LogP contribution in [0.3, 0.4) is 0 Å². The van der Waals surface area contributed by atoms with E-state index >= 15 is 0 Å². The second kappa shape index (κ2) is 5.07. The number of ketones is 1. The van der Waals surface area contributed by atoms with Gasteiger partial charge in [0, 0.05) is 5.56 Å². The van der Waals surface area contributed by atoms with Gasteiger partial charge in [0.25, 0.3) is 0 Å². The van der Waals surface area contributed by atoms with Crippen LogP contribution in [0.4, 0.5) is 17.6 Å². The van der Waals surface area contributed by atoms with E-state index in [1.54, 1.807) is 19.1 Å². The van der Waals surface area contributed by atoms with Gasteiger partial charge in [-0.25, -0.2) is 4.39 Å². The molecule has 0 fully saturated rings. The zero-order valence-corrected chi connectivity index (χ0v) is 10.5. The van der Waals surface area contributed by atoms with E-state index < -0.39 is 28.9 Å². The number of carbonyl (C=O) groups excluding carboxylic acids is 1. The summed E-state index contributed by atoms with van der Waals surface area (Å²) in [5.41, 5.74) is -1.09. The summed E-state index contributed by atoms with van der Waals surface area (Å²) in [5, 5.41) is 0. The highest BCUT2D eigenvalue weighted by Crippen LogP contribution is 2.32. The summed E-state index contributed by atoms with van der Waals surface area (Å²) >= 11 is 0. The van der Waals surface area contributed by atoms with Crippen LogP contribution in [0.1, 0.15) is 27.0 Å². The summed E-state index contributed by atoms with van der Waals surface area (Å²) < 4.78 is 51.7. The number of rotatable bonds is 2. The molecule has 0 N–H and O–H groups in total. The van der Waals surface area contributed by atoms with Gasteiger partial charge in [-0.1, -0.05) is 29.8 Å². The molecule has 0 amide bonds. The molecule has 0 aromatic heterocycles. The number of aryl methyl sites for hydroxylation is 1. The molecule has 0 saturated carbocycles. The summed E-state index contributed by atoms with van der Waals surface area (Å²) in [5.74, 6) is -2.30. The number of benzene rings is 2. The van der Waals surface area contributed by atoms with Crippen LogP contribution in [0.25, 0.3) is 0 Å². The molecule has 20 heavy (non-hydrogen) atoms. The van der Waals surface area contributed by atoms with Gasteiger partial charge in [0.05, 0.1) is 11.1 Å². The Morgan fingerprint density at radius 3 is 2.30 bits per heavy atom. The molecule has 2 aromatic carbocycles. The fourth-order valence-electron chi connectivity index (χ4n) is 1.87. The minimum Gasteiger partial charge on any atom is -0.288 e. The van der Waals surface area contributed by atoms with Gasteiger partial charge in [-0.2, -0.15) is 13.2 Å². The maximum Gasteiger partial charge on any atom is 0.419 e. The van der Waals surface area contributed by atoms with Crippen molar-refractivity contribution in [1.29, 1.82) is 0 Å². The Morgan fingerprint density at radius 1 is 1.05 bits per heavy atom. The van der Waals surface area contributed by atoms with Gasteiger partial charge in [-0.05, 0) is 25.1 Å². The highest BCUT2D eigenvalue weighted by molar-refractivity contribution is 6.09. The molecule has 0 heterocycles. The molecule has 104 valence electrons. The lowest BCUT2D eigenvalue weighted by atomic mass is 9.99.